The van der Waals surface area contributed by atoms with Crippen LogP contribution >= 0.6 is 11.6 Å². The van der Waals surface area contributed by atoms with Gasteiger partial charge in [-0.05, 0) is 37.0 Å². The molecule has 1 aliphatic heterocycles. The quantitative estimate of drug-likeness (QED) is 0.626. The first-order valence-corrected chi connectivity index (χ1v) is 9.99. The first-order chi connectivity index (χ1) is 13.1. The average Bonchev–Trinajstić information content (AvgIpc) is 3.30. The number of guanidine groups is 1. The molecule has 2 aliphatic rings. The van der Waals surface area contributed by atoms with Crippen molar-refractivity contribution in [1.29, 1.82) is 0 Å². The first kappa shape index (κ1) is 18.2. The minimum atomic E-state index is 0.383. The number of benzene rings is 1. The molecule has 6 nitrogen and oxygen atoms in total. The summed E-state index contributed by atoms with van der Waals surface area (Å²) in [6.07, 6.45) is 7.45. The molecule has 1 aromatic heterocycles. The van der Waals surface area contributed by atoms with Crippen molar-refractivity contribution in [3.05, 3.63) is 47.2 Å². The molecule has 7 heteroatoms. The van der Waals surface area contributed by atoms with Crippen LogP contribution in [0.15, 0.2) is 41.7 Å². The molecule has 0 bridgehead atoms. The predicted octanol–water partition coefficient (Wildman–Crippen LogP) is 2.76. The van der Waals surface area contributed by atoms with Crippen molar-refractivity contribution in [3.8, 4) is 0 Å². The van der Waals surface area contributed by atoms with Crippen molar-refractivity contribution in [3.63, 3.8) is 0 Å². The third-order valence-electron chi connectivity index (χ3n) is 5.43. The van der Waals surface area contributed by atoms with Gasteiger partial charge in [0.25, 0.3) is 0 Å². The number of aliphatic imine (C=N–C) groups is 1. The summed E-state index contributed by atoms with van der Waals surface area (Å²) in [5, 5.41) is 12.3. The summed E-state index contributed by atoms with van der Waals surface area (Å²) in [6, 6.07) is 8.97. The molecule has 144 valence electrons. The number of anilines is 1. The van der Waals surface area contributed by atoms with Crippen molar-refractivity contribution in [2.45, 2.75) is 37.3 Å². The van der Waals surface area contributed by atoms with Gasteiger partial charge in [-0.3, -0.25) is 9.67 Å². The molecule has 0 radical (unpaired) electrons. The van der Waals surface area contributed by atoms with Gasteiger partial charge >= 0.3 is 0 Å². The molecule has 27 heavy (non-hydrogen) atoms. The molecule has 0 spiro atoms. The van der Waals surface area contributed by atoms with Gasteiger partial charge in [-0.1, -0.05) is 23.7 Å². The van der Waals surface area contributed by atoms with Crippen molar-refractivity contribution in [2.75, 3.05) is 25.0 Å². The van der Waals surface area contributed by atoms with Crippen LogP contribution in [0.4, 0.5) is 5.69 Å². The van der Waals surface area contributed by atoms with Gasteiger partial charge in [-0.15, -0.1) is 0 Å². The molecule has 3 unspecified atom stereocenters. The zero-order valence-corrected chi connectivity index (χ0v) is 16.7. The van der Waals surface area contributed by atoms with E-state index in [1.54, 1.807) is 0 Å². The van der Waals surface area contributed by atoms with E-state index in [2.05, 4.69) is 44.0 Å². The number of nitrogens with zero attached hydrogens (tertiary/aromatic N) is 4. The molecule has 2 N–H and O–H groups in total. The Morgan fingerprint density at radius 1 is 1.33 bits per heavy atom. The van der Waals surface area contributed by atoms with E-state index >= 15 is 0 Å². The van der Waals surface area contributed by atoms with Crippen LogP contribution in [-0.2, 0) is 7.05 Å². The monoisotopic (exact) mass is 386 g/mol. The molecule has 1 aliphatic carbocycles. The summed E-state index contributed by atoms with van der Waals surface area (Å²) in [6.45, 7) is 2.05. The number of hydrogen-bond acceptors (Lipinski definition) is 3. The van der Waals surface area contributed by atoms with Crippen LogP contribution in [0.5, 0.6) is 0 Å². The average molecular weight is 387 g/mol. The van der Waals surface area contributed by atoms with E-state index in [9.17, 15) is 0 Å². The Morgan fingerprint density at radius 2 is 2.22 bits per heavy atom. The second-order valence-electron chi connectivity index (χ2n) is 7.52. The molecule has 3 atom stereocenters. The number of aryl methyl sites for hydroxylation is 1. The van der Waals surface area contributed by atoms with Crippen LogP contribution < -0.4 is 15.5 Å². The lowest BCUT2D eigenvalue weighted by Crippen LogP contribution is -2.51. The molecular weight excluding hydrogens is 360 g/mol. The van der Waals surface area contributed by atoms with Gasteiger partial charge in [-0.2, -0.15) is 5.10 Å². The summed E-state index contributed by atoms with van der Waals surface area (Å²) >= 11 is 6.12. The van der Waals surface area contributed by atoms with Crippen molar-refractivity contribution >= 4 is 23.2 Å². The summed E-state index contributed by atoms with van der Waals surface area (Å²) in [5.41, 5.74) is 2.49. The largest absolute Gasteiger partial charge is 0.367 e. The van der Waals surface area contributed by atoms with Crippen LogP contribution in [0, 0.1) is 0 Å². The summed E-state index contributed by atoms with van der Waals surface area (Å²) in [4.78, 5) is 6.84. The number of rotatable bonds is 4. The van der Waals surface area contributed by atoms with E-state index < -0.39 is 0 Å². The lowest BCUT2D eigenvalue weighted by Gasteiger charge is -2.34. The Hall–Kier alpha value is -2.21. The van der Waals surface area contributed by atoms with Gasteiger partial charge < -0.3 is 15.5 Å². The summed E-state index contributed by atoms with van der Waals surface area (Å²) in [5.74, 6) is 1.41. The molecule has 2 fully saturated rings. The van der Waals surface area contributed by atoms with Gasteiger partial charge in [0.05, 0.1) is 11.9 Å². The van der Waals surface area contributed by atoms with Crippen LogP contribution in [0.3, 0.4) is 0 Å². The van der Waals surface area contributed by atoms with Gasteiger partial charge in [0.1, 0.15) is 0 Å². The highest BCUT2D eigenvalue weighted by molar-refractivity contribution is 6.30. The van der Waals surface area contributed by atoms with E-state index in [-0.39, 0.29) is 0 Å². The van der Waals surface area contributed by atoms with Crippen LogP contribution in [0.25, 0.3) is 0 Å². The normalized spacial score (nSPS) is 25.4. The highest BCUT2D eigenvalue weighted by Crippen LogP contribution is 2.41. The first-order valence-electron chi connectivity index (χ1n) is 9.61. The van der Waals surface area contributed by atoms with Crippen LogP contribution in [0.2, 0.25) is 5.02 Å². The maximum absolute atomic E-state index is 6.12. The zero-order valence-electron chi connectivity index (χ0n) is 15.9. The minimum absolute atomic E-state index is 0.383. The molecule has 4 rings (SSSR count). The molecule has 1 saturated carbocycles. The molecule has 1 aromatic carbocycles. The Bertz CT molecular complexity index is 816. The fourth-order valence-corrected chi connectivity index (χ4v) is 4.10. The zero-order chi connectivity index (χ0) is 18.8. The Kier molecular flexibility index (Phi) is 5.25. The van der Waals surface area contributed by atoms with Crippen molar-refractivity contribution in [1.82, 2.24) is 20.4 Å². The van der Waals surface area contributed by atoms with E-state index in [1.165, 1.54) is 11.3 Å². The van der Waals surface area contributed by atoms with Gasteiger partial charge in [0, 0.05) is 56.4 Å². The number of hydrogen-bond donors (Lipinski definition) is 2. The van der Waals surface area contributed by atoms with Crippen molar-refractivity contribution < 1.29 is 0 Å². The Balaban J connectivity index is 1.32. The molecule has 1 saturated heterocycles. The summed E-state index contributed by atoms with van der Waals surface area (Å²) in [7, 11) is 3.80. The number of halogens is 1. The van der Waals surface area contributed by atoms with Gasteiger partial charge in [0.2, 0.25) is 0 Å². The third-order valence-corrected chi connectivity index (χ3v) is 5.67. The van der Waals surface area contributed by atoms with E-state index in [4.69, 9.17) is 11.6 Å². The molecule has 0 amide bonds. The van der Waals surface area contributed by atoms with Crippen LogP contribution in [0.1, 0.15) is 30.7 Å². The smallest absolute Gasteiger partial charge is 0.191 e. The second-order valence-corrected chi connectivity index (χ2v) is 7.96. The Labute approximate surface area is 165 Å². The standard InChI is InChI=1S/C20H27ClN6/c1-22-20(25-19-10-18(19)14-5-3-6-15(21)9-14)24-16-7-4-8-27(12-16)17-11-23-26(2)13-17/h3,5-6,9,11,13,16,18-19H,4,7-8,10,12H2,1-2H3,(H2,22,24,25). The maximum Gasteiger partial charge on any atom is 0.191 e. The molecule has 2 aromatic rings. The van der Waals surface area contributed by atoms with E-state index in [1.807, 2.05) is 37.1 Å². The minimum Gasteiger partial charge on any atom is -0.367 e. The molecular formula is C20H27ClN6. The highest BCUT2D eigenvalue weighted by atomic mass is 35.5. The topological polar surface area (TPSA) is 57.5 Å². The Morgan fingerprint density at radius 3 is 2.96 bits per heavy atom. The van der Waals surface area contributed by atoms with E-state index in [0.29, 0.717) is 18.0 Å². The lowest BCUT2D eigenvalue weighted by atomic mass is 10.1. The molecule has 2 heterocycles. The highest BCUT2D eigenvalue weighted by Gasteiger charge is 2.39. The summed E-state index contributed by atoms with van der Waals surface area (Å²) < 4.78 is 1.86. The SMILES string of the molecule is CN=C(NC1CCCN(c2cnn(C)c2)C1)NC1CC1c1cccc(Cl)c1. The lowest BCUT2D eigenvalue weighted by molar-refractivity contribution is 0.467. The second kappa shape index (κ2) is 7.80. The van der Waals surface area contributed by atoms with Gasteiger partial charge in [-0.25, -0.2) is 0 Å². The number of aromatic nitrogens is 2. The maximum atomic E-state index is 6.12. The fraction of sp³-hybridized carbons (Fsp3) is 0.500. The van der Waals surface area contributed by atoms with Crippen LogP contribution in [-0.4, -0.2) is 48.0 Å². The number of piperidine rings is 1. The van der Waals surface area contributed by atoms with E-state index in [0.717, 1.165) is 43.3 Å². The fourth-order valence-electron chi connectivity index (χ4n) is 3.90. The van der Waals surface area contributed by atoms with Gasteiger partial charge in [0.15, 0.2) is 5.96 Å². The predicted molar refractivity (Wildman–Crippen MR) is 111 cm³/mol. The van der Waals surface area contributed by atoms with Crippen molar-refractivity contribution in [2.24, 2.45) is 12.0 Å². The number of nitrogens with one attached hydrogen (secondary N) is 2. The third kappa shape index (κ3) is 4.38.